The molecular weight excluding hydrogens is 272 g/mol. The van der Waals surface area contributed by atoms with E-state index in [9.17, 15) is 20.0 Å². The van der Waals surface area contributed by atoms with Gasteiger partial charge in [0.25, 0.3) is 5.69 Å². The largest absolute Gasteiger partial charge is 0.481 e. The second kappa shape index (κ2) is 5.70. The van der Waals surface area contributed by atoms with Crippen molar-refractivity contribution in [1.82, 2.24) is 4.98 Å². The highest BCUT2D eigenvalue weighted by molar-refractivity contribution is 5.81. The zero-order valence-electron chi connectivity index (χ0n) is 11.4. The molecule has 1 heterocycles. The monoisotopic (exact) mass is 286 g/mol. The average molecular weight is 286 g/mol. The van der Waals surface area contributed by atoms with E-state index in [-0.39, 0.29) is 12.1 Å². The maximum absolute atomic E-state index is 11.7. The van der Waals surface area contributed by atoms with Gasteiger partial charge in [0.1, 0.15) is 0 Å². The van der Waals surface area contributed by atoms with Gasteiger partial charge in [-0.25, -0.2) is 0 Å². The fourth-order valence-corrected chi connectivity index (χ4v) is 2.17. The Morgan fingerprint density at radius 1 is 1.33 bits per heavy atom. The standard InChI is InChI=1S/C15H14N2O4/c1-15(14(18)19,10-11-5-7-16-8-6-11)12-3-2-4-13(9-12)17(20)21/h2-9H,10H2,1H3,(H,18,19). The molecule has 21 heavy (non-hydrogen) atoms. The highest BCUT2D eigenvalue weighted by atomic mass is 16.6. The van der Waals surface area contributed by atoms with Gasteiger partial charge in [-0.1, -0.05) is 12.1 Å². The molecule has 1 aromatic heterocycles. The number of rotatable bonds is 5. The minimum atomic E-state index is -1.24. The molecule has 0 radical (unpaired) electrons. The topological polar surface area (TPSA) is 93.3 Å². The molecule has 6 heteroatoms. The molecule has 0 aliphatic carbocycles. The van der Waals surface area contributed by atoms with Crippen molar-refractivity contribution >= 4 is 11.7 Å². The van der Waals surface area contributed by atoms with Crippen molar-refractivity contribution in [3.63, 3.8) is 0 Å². The Bertz CT molecular complexity index is 672. The fraction of sp³-hybridized carbons (Fsp3) is 0.200. The van der Waals surface area contributed by atoms with Gasteiger partial charge in [-0.2, -0.15) is 0 Å². The van der Waals surface area contributed by atoms with Crippen LogP contribution in [-0.4, -0.2) is 21.0 Å². The molecule has 6 nitrogen and oxygen atoms in total. The predicted molar refractivity (Wildman–Crippen MR) is 76.0 cm³/mol. The molecule has 1 atom stereocenters. The summed E-state index contributed by atoms with van der Waals surface area (Å²) in [4.78, 5) is 25.9. The number of pyridine rings is 1. The number of nitro groups is 1. The van der Waals surface area contributed by atoms with E-state index < -0.39 is 16.3 Å². The number of nitrogens with zero attached hydrogens (tertiary/aromatic N) is 2. The molecule has 0 saturated carbocycles. The molecule has 2 rings (SSSR count). The first kappa shape index (κ1) is 14.6. The lowest BCUT2D eigenvalue weighted by atomic mass is 9.77. The van der Waals surface area contributed by atoms with Gasteiger partial charge in [0.15, 0.2) is 0 Å². The van der Waals surface area contributed by atoms with Crippen molar-refractivity contribution in [1.29, 1.82) is 0 Å². The van der Waals surface area contributed by atoms with Crippen LogP contribution >= 0.6 is 0 Å². The van der Waals surface area contributed by atoms with Crippen molar-refractivity contribution in [2.45, 2.75) is 18.8 Å². The normalized spacial score (nSPS) is 13.4. The zero-order chi connectivity index (χ0) is 15.5. The van der Waals surface area contributed by atoms with E-state index in [4.69, 9.17) is 0 Å². The van der Waals surface area contributed by atoms with E-state index >= 15 is 0 Å². The Hall–Kier alpha value is -2.76. The van der Waals surface area contributed by atoms with Crippen LogP contribution in [0.5, 0.6) is 0 Å². The van der Waals surface area contributed by atoms with E-state index in [2.05, 4.69) is 4.98 Å². The lowest BCUT2D eigenvalue weighted by molar-refractivity contribution is -0.384. The number of carbonyl (C=O) groups is 1. The molecule has 0 fully saturated rings. The van der Waals surface area contributed by atoms with Gasteiger partial charge in [0, 0.05) is 24.5 Å². The first-order valence-electron chi connectivity index (χ1n) is 6.31. The van der Waals surface area contributed by atoms with E-state index in [0.717, 1.165) is 5.56 Å². The summed E-state index contributed by atoms with van der Waals surface area (Å²) in [5, 5.41) is 20.4. The third kappa shape index (κ3) is 3.05. The van der Waals surface area contributed by atoms with E-state index in [1.54, 1.807) is 37.5 Å². The Kier molecular flexibility index (Phi) is 3.98. The Balaban J connectivity index is 2.45. The summed E-state index contributed by atoms with van der Waals surface area (Å²) in [6.45, 7) is 1.56. The summed E-state index contributed by atoms with van der Waals surface area (Å²) in [7, 11) is 0. The molecule has 0 aliphatic heterocycles. The van der Waals surface area contributed by atoms with Crippen molar-refractivity contribution in [3.05, 3.63) is 70.0 Å². The number of benzene rings is 1. The maximum atomic E-state index is 11.7. The number of non-ortho nitro benzene ring substituents is 1. The van der Waals surface area contributed by atoms with Gasteiger partial charge in [-0.3, -0.25) is 19.9 Å². The lowest BCUT2D eigenvalue weighted by Gasteiger charge is -2.25. The summed E-state index contributed by atoms with van der Waals surface area (Å²) in [6.07, 6.45) is 3.40. The number of carboxylic acid groups (broad SMARTS) is 1. The Morgan fingerprint density at radius 2 is 2.00 bits per heavy atom. The summed E-state index contributed by atoms with van der Waals surface area (Å²) in [5.74, 6) is -1.03. The molecule has 1 aromatic carbocycles. The van der Waals surface area contributed by atoms with Gasteiger partial charge >= 0.3 is 5.97 Å². The molecule has 0 amide bonds. The molecule has 0 saturated heterocycles. The second-order valence-electron chi connectivity index (χ2n) is 4.98. The van der Waals surface area contributed by atoms with Crippen molar-refractivity contribution in [2.75, 3.05) is 0 Å². The second-order valence-corrected chi connectivity index (χ2v) is 4.98. The van der Waals surface area contributed by atoms with Crippen molar-refractivity contribution in [2.24, 2.45) is 0 Å². The van der Waals surface area contributed by atoms with Crippen LogP contribution in [0.3, 0.4) is 0 Å². The molecule has 0 bridgehead atoms. The lowest BCUT2D eigenvalue weighted by Crippen LogP contribution is -2.34. The van der Waals surface area contributed by atoms with E-state index in [1.807, 2.05) is 0 Å². The number of hydrogen-bond donors (Lipinski definition) is 1. The van der Waals surface area contributed by atoms with Crippen LogP contribution in [0.2, 0.25) is 0 Å². The average Bonchev–Trinajstić information content (AvgIpc) is 2.48. The van der Waals surface area contributed by atoms with Gasteiger partial charge in [-0.15, -0.1) is 0 Å². The van der Waals surface area contributed by atoms with E-state index in [1.165, 1.54) is 18.2 Å². The molecule has 1 N–H and O–H groups in total. The zero-order valence-corrected chi connectivity index (χ0v) is 11.4. The molecular formula is C15H14N2O4. The number of nitro benzene ring substituents is 1. The third-order valence-corrected chi connectivity index (χ3v) is 3.47. The van der Waals surface area contributed by atoms with E-state index in [0.29, 0.717) is 5.56 Å². The molecule has 108 valence electrons. The minimum absolute atomic E-state index is 0.116. The number of aromatic nitrogens is 1. The minimum Gasteiger partial charge on any atom is -0.481 e. The highest BCUT2D eigenvalue weighted by Gasteiger charge is 2.36. The molecule has 0 aliphatic rings. The summed E-state index contributed by atoms with van der Waals surface area (Å²) in [5.41, 5.74) is -0.148. The SMILES string of the molecule is CC(Cc1ccncc1)(C(=O)O)c1cccc([N+](=O)[O-])c1. The Morgan fingerprint density at radius 3 is 2.57 bits per heavy atom. The van der Waals surface area contributed by atoms with Gasteiger partial charge < -0.3 is 5.11 Å². The van der Waals surface area contributed by atoms with Crippen LogP contribution in [0.15, 0.2) is 48.8 Å². The summed E-state index contributed by atoms with van der Waals surface area (Å²) < 4.78 is 0. The van der Waals surface area contributed by atoms with Crippen LogP contribution in [-0.2, 0) is 16.6 Å². The quantitative estimate of drug-likeness (QED) is 0.673. The number of aliphatic carboxylic acids is 1. The Labute approximate surface area is 121 Å². The van der Waals surface area contributed by atoms with Gasteiger partial charge in [0.2, 0.25) is 0 Å². The highest BCUT2D eigenvalue weighted by Crippen LogP contribution is 2.30. The molecule has 0 spiro atoms. The van der Waals surface area contributed by atoms with Crippen LogP contribution in [0.25, 0.3) is 0 Å². The van der Waals surface area contributed by atoms with Crippen molar-refractivity contribution in [3.8, 4) is 0 Å². The maximum Gasteiger partial charge on any atom is 0.314 e. The molecule has 2 aromatic rings. The number of hydrogen-bond acceptors (Lipinski definition) is 4. The fourth-order valence-electron chi connectivity index (χ4n) is 2.17. The third-order valence-electron chi connectivity index (χ3n) is 3.47. The summed E-state index contributed by atoms with van der Waals surface area (Å²) >= 11 is 0. The van der Waals surface area contributed by atoms with Gasteiger partial charge in [0.05, 0.1) is 10.3 Å². The van der Waals surface area contributed by atoms with Crippen LogP contribution < -0.4 is 0 Å². The smallest absolute Gasteiger partial charge is 0.314 e. The van der Waals surface area contributed by atoms with Gasteiger partial charge in [-0.05, 0) is 36.6 Å². The van der Waals surface area contributed by atoms with Crippen LogP contribution in [0, 0.1) is 10.1 Å². The predicted octanol–water partition coefficient (Wildman–Crippen LogP) is 2.57. The first-order chi connectivity index (χ1) is 9.93. The van der Waals surface area contributed by atoms with Crippen molar-refractivity contribution < 1.29 is 14.8 Å². The van der Waals surface area contributed by atoms with Crippen LogP contribution in [0.4, 0.5) is 5.69 Å². The molecule has 1 unspecified atom stereocenters. The number of carboxylic acids is 1. The summed E-state index contributed by atoms with van der Waals surface area (Å²) in [6, 6.07) is 9.23. The first-order valence-corrected chi connectivity index (χ1v) is 6.31. The van der Waals surface area contributed by atoms with Crippen LogP contribution in [0.1, 0.15) is 18.1 Å².